The minimum absolute atomic E-state index is 0.152. The normalized spacial score (nSPS) is 18.0. The number of ether oxygens (including phenoxy) is 1. The van der Waals surface area contributed by atoms with E-state index in [9.17, 15) is 9.18 Å². The number of halogens is 1. The molecule has 3 rings (SSSR count). The van der Waals surface area contributed by atoms with Crippen LogP contribution in [0.15, 0.2) is 54.6 Å². The summed E-state index contributed by atoms with van der Waals surface area (Å²) in [4.78, 5) is 13.9. The number of hydrogen-bond donors (Lipinski definition) is 1. The Morgan fingerprint density at radius 3 is 2.64 bits per heavy atom. The number of amides is 2. The Kier molecular flexibility index (Phi) is 4.34. The number of urea groups is 1. The van der Waals surface area contributed by atoms with Crippen molar-refractivity contribution in [1.29, 1.82) is 0 Å². The number of rotatable bonds is 2. The highest BCUT2D eigenvalue weighted by Gasteiger charge is 2.25. The average Bonchev–Trinajstić information content (AvgIpc) is 2.58. The summed E-state index contributed by atoms with van der Waals surface area (Å²) < 4.78 is 19.3. The van der Waals surface area contributed by atoms with Crippen molar-refractivity contribution in [2.24, 2.45) is 0 Å². The van der Waals surface area contributed by atoms with E-state index >= 15 is 0 Å². The molecular formula is C17H17FN2O2. The summed E-state index contributed by atoms with van der Waals surface area (Å²) in [5.74, 6) is -0.441. The molecule has 0 aromatic heterocycles. The van der Waals surface area contributed by atoms with Gasteiger partial charge < -0.3 is 15.0 Å². The molecule has 0 aliphatic carbocycles. The molecule has 2 aromatic rings. The third kappa shape index (κ3) is 3.26. The molecule has 1 aliphatic rings. The van der Waals surface area contributed by atoms with Gasteiger partial charge >= 0.3 is 6.03 Å². The second-order valence-corrected chi connectivity index (χ2v) is 5.13. The van der Waals surface area contributed by atoms with Crippen LogP contribution in [0.1, 0.15) is 11.7 Å². The van der Waals surface area contributed by atoms with Gasteiger partial charge in [-0.05, 0) is 17.7 Å². The first-order valence-electron chi connectivity index (χ1n) is 7.21. The Morgan fingerprint density at radius 1 is 1.14 bits per heavy atom. The van der Waals surface area contributed by atoms with Crippen molar-refractivity contribution < 1.29 is 13.9 Å². The molecule has 114 valence electrons. The highest BCUT2D eigenvalue weighted by molar-refractivity contribution is 5.89. The third-order valence-electron chi connectivity index (χ3n) is 3.64. The van der Waals surface area contributed by atoms with E-state index in [0.29, 0.717) is 19.7 Å². The maximum Gasteiger partial charge on any atom is 0.322 e. The third-order valence-corrected chi connectivity index (χ3v) is 3.64. The zero-order chi connectivity index (χ0) is 15.4. The van der Waals surface area contributed by atoms with Gasteiger partial charge in [0, 0.05) is 6.54 Å². The molecule has 1 heterocycles. The van der Waals surface area contributed by atoms with E-state index in [1.807, 2.05) is 30.3 Å². The molecule has 1 aliphatic heterocycles. The fraction of sp³-hybridized carbons (Fsp3) is 0.235. The summed E-state index contributed by atoms with van der Waals surface area (Å²) in [6, 6.07) is 15.6. The molecule has 2 amide bonds. The molecule has 0 radical (unpaired) electrons. The van der Waals surface area contributed by atoms with Crippen LogP contribution in [0, 0.1) is 5.82 Å². The van der Waals surface area contributed by atoms with E-state index in [2.05, 4.69) is 5.32 Å². The molecule has 0 bridgehead atoms. The predicted molar refractivity (Wildman–Crippen MR) is 82.1 cm³/mol. The smallest absolute Gasteiger partial charge is 0.322 e. The van der Waals surface area contributed by atoms with Crippen molar-refractivity contribution in [2.45, 2.75) is 6.10 Å². The summed E-state index contributed by atoms with van der Waals surface area (Å²) in [6.07, 6.45) is -0.152. The Morgan fingerprint density at radius 2 is 1.86 bits per heavy atom. The largest absolute Gasteiger partial charge is 0.370 e. The first-order chi connectivity index (χ1) is 10.7. The van der Waals surface area contributed by atoms with Crippen molar-refractivity contribution in [1.82, 2.24) is 4.90 Å². The van der Waals surface area contributed by atoms with Gasteiger partial charge in [-0.25, -0.2) is 9.18 Å². The summed E-state index contributed by atoms with van der Waals surface area (Å²) in [7, 11) is 0. The SMILES string of the molecule is O=C(Nc1ccccc1F)N1CCO[C@H](c2ccccc2)C1. The maximum absolute atomic E-state index is 13.6. The number of para-hydroxylation sites is 1. The number of benzene rings is 2. The molecule has 0 unspecified atom stereocenters. The molecule has 0 spiro atoms. The summed E-state index contributed by atoms with van der Waals surface area (Å²) >= 11 is 0. The van der Waals surface area contributed by atoms with E-state index in [1.54, 1.807) is 23.1 Å². The van der Waals surface area contributed by atoms with Crippen LogP contribution in [0.2, 0.25) is 0 Å². The molecule has 2 aromatic carbocycles. The minimum atomic E-state index is -0.441. The summed E-state index contributed by atoms with van der Waals surface area (Å²) in [5, 5.41) is 2.61. The van der Waals surface area contributed by atoms with Gasteiger partial charge in [0.2, 0.25) is 0 Å². The lowest BCUT2D eigenvalue weighted by Gasteiger charge is -2.33. The topological polar surface area (TPSA) is 41.6 Å². The Bertz CT molecular complexity index is 648. The van der Waals surface area contributed by atoms with E-state index in [0.717, 1.165) is 5.56 Å². The number of carbonyl (C=O) groups excluding carboxylic acids is 1. The summed E-state index contributed by atoms with van der Waals surface area (Å²) in [6.45, 7) is 1.40. The number of nitrogens with one attached hydrogen (secondary N) is 1. The van der Waals surface area contributed by atoms with Gasteiger partial charge in [0.05, 0.1) is 18.8 Å². The Hall–Kier alpha value is -2.40. The lowest BCUT2D eigenvalue weighted by molar-refractivity contribution is -0.0135. The predicted octanol–water partition coefficient (Wildman–Crippen LogP) is 3.43. The molecular weight excluding hydrogens is 283 g/mol. The van der Waals surface area contributed by atoms with Crippen LogP contribution in [-0.4, -0.2) is 30.6 Å². The van der Waals surface area contributed by atoms with Crippen LogP contribution < -0.4 is 5.32 Å². The fourth-order valence-electron chi connectivity index (χ4n) is 2.46. The highest BCUT2D eigenvalue weighted by atomic mass is 19.1. The average molecular weight is 300 g/mol. The molecule has 1 atom stereocenters. The van der Waals surface area contributed by atoms with Crippen LogP contribution in [0.3, 0.4) is 0 Å². The molecule has 0 saturated carbocycles. The van der Waals surface area contributed by atoms with E-state index < -0.39 is 5.82 Å². The Labute approximate surface area is 128 Å². The molecule has 22 heavy (non-hydrogen) atoms. The minimum Gasteiger partial charge on any atom is -0.370 e. The van der Waals surface area contributed by atoms with Crippen molar-refractivity contribution in [3.8, 4) is 0 Å². The lowest BCUT2D eigenvalue weighted by Crippen LogP contribution is -2.44. The first-order valence-corrected chi connectivity index (χ1v) is 7.21. The van der Waals surface area contributed by atoms with Gasteiger partial charge in [-0.1, -0.05) is 42.5 Å². The highest BCUT2D eigenvalue weighted by Crippen LogP contribution is 2.22. The van der Waals surface area contributed by atoms with E-state index in [-0.39, 0.29) is 17.8 Å². The van der Waals surface area contributed by atoms with Crippen LogP contribution in [0.4, 0.5) is 14.9 Å². The van der Waals surface area contributed by atoms with E-state index in [4.69, 9.17) is 4.74 Å². The first kappa shape index (κ1) is 14.5. The van der Waals surface area contributed by atoms with Crippen LogP contribution in [0.25, 0.3) is 0 Å². The quantitative estimate of drug-likeness (QED) is 0.923. The number of morpholine rings is 1. The standard InChI is InChI=1S/C17H17FN2O2/c18-14-8-4-5-9-15(14)19-17(21)20-10-11-22-16(12-20)13-6-2-1-3-7-13/h1-9,16H,10-12H2,(H,19,21)/t16-/m0/s1. The number of anilines is 1. The van der Waals surface area contributed by atoms with Crippen LogP contribution in [-0.2, 0) is 4.74 Å². The van der Waals surface area contributed by atoms with Gasteiger partial charge in [-0.3, -0.25) is 0 Å². The second kappa shape index (κ2) is 6.58. The van der Waals surface area contributed by atoms with Gasteiger partial charge in [-0.15, -0.1) is 0 Å². The van der Waals surface area contributed by atoms with Gasteiger partial charge in [0.25, 0.3) is 0 Å². The van der Waals surface area contributed by atoms with Crippen molar-refractivity contribution in [3.05, 3.63) is 66.0 Å². The van der Waals surface area contributed by atoms with Crippen molar-refractivity contribution in [2.75, 3.05) is 25.0 Å². The van der Waals surface area contributed by atoms with Gasteiger partial charge in [-0.2, -0.15) is 0 Å². The molecule has 5 heteroatoms. The van der Waals surface area contributed by atoms with Crippen molar-refractivity contribution in [3.63, 3.8) is 0 Å². The zero-order valence-electron chi connectivity index (χ0n) is 12.0. The van der Waals surface area contributed by atoms with E-state index in [1.165, 1.54) is 6.07 Å². The fourth-order valence-corrected chi connectivity index (χ4v) is 2.46. The molecule has 1 saturated heterocycles. The summed E-state index contributed by atoms with van der Waals surface area (Å²) in [5.41, 5.74) is 1.22. The number of hydrogen-bond acceptors (Lipinski definition) is 2. The number of nitrogens with zero attached hydrogens (tertiary/aromatic N) is 1. The monoisotopic (exact) mass is 300 g/mol. The Balaban J connectivity index is 1.67. The van der Waals surface area contributed by atoms with Gasteiger partial charge in [0.1, 0.15) is 11.9 Å². The maximum atomic E-state index is 13.6. The van der Waals surface area contributed by atoms with Gasteiger partial charge in [0.15, 0.2) is 0 Å². The lowest BCUT2D eigenvalue weighted by atomic mass is 10.1. The van der Waals surface area contributed by atoms with Crippen LogP contribution in [0.5, 0.6) is 0 Å². The molecule has 4 nitrogen and oxygen atoms in total. The van der Waals surface area contributed by atoms with Crippen LogP contribution >= 0.6 is 0 Å². The zero-order valence-corrected chi connectivity index (χ0v) is 12.0. The molecule has 1 fully saturated rings. The molecule has 1 N–H and O–H groups in total. The van der Waals surface area contributed by atoms with Crippen molar-refractivity contribution >= 4 is 11.7 Å². The number of carbonyl (C=O) groups is 1. The second-order valence-electron chi connectivity index (χ2n) is 5.13.